The Morgan fingerprint density at radius 2 is 2.19 bits per heavy atom. The lowest BCUT2D eigenvalue weighted by atomic mass is 10.3. The van der Waals surface area contributed by atoms with Gasteiger partial charge in [-0.05, 0) is 12.1 Å². The first kappa shape index (κ1) is 15.8. The van der Waals surface area contributed by atoms with E-state index in [0.29, 0.717) is 29.0 Å². The fourth-order valence-corrected chi connectivity index (χ4v) is 3.16. The lowest BCUT2D eigenvalue weighted by Crippen LogP contribution is -2.13. The molecule has 2 aromatic rings. The van der Waals surface area contributed by atoms with Crippen LogP contribution < -0.4 is 15.2 Å². The zero-order valence-corrected chi connectivity index (χ0v) is 13.7. The zero-order chi connectivity index (χ0) is 15.5. The van der Waals surface area contributed by atoms with Gasteiger partial charge in [0, 0.05) is 23.3 Å². The Balaban J connectivity index is 2.26. The number of sulfonamides is 1. The number of methoxy groups -OCH3 is 1. The molecule has 1 heterocycles. The fraction of sp³-hybridized carbons (Fsp3) is 0.250. The minimum atomic E-state index is -3.70. The summed E-state index contributed by atoms with van der Waals surface area (Å²) in [6.45, 7) is 0.845. The SMILES string of the molecule is COc1cc(Br)cc(NS(=O)(=O)c2cnn(CCN)c2)c1. The molecule has 114 valence electrons. The van der Waals surface area contributed by atoms with Crippen LogP contribution in [0.25, 0.3) is 0 Å². The van der Waals surface area contributed by atoms with Gasteiger partial charge in [-0.1, -0.05) is 15.9 Å². The molecule has 0 atom stereocenters. The monoisotopic (exact) mass is 374 g/mol. The van der Waals surface area contributed by atoms with Gasteiger partial charge in [-0.3, -0.25) is 9.40 Å². The van der Waals surface area contributed by atoms with Crippen molar-refractivity contribution < 1.29 is 13.2 Å². The summed E-state index contributed by atoms with van der Waals surface area (Å²) < 4.78 is 34.3. The molecular formula is C12H15BrN4O3S. The Morgan fingerprint density at radius 1 is 1.43 bits per heavy atom. The number of halogens is 1. The second-order valence-corrected chi connectivity index (χ2v) is 6.81. The van der Waals surface area contributed by atoms with Crippen LogP contribution in [0.15, 0.2) is 40.0 Å². The van der Waals surface area contributed by atoms with Crippen LogP contribution in [0.1, 0.15) is 0 Å². The molecule has 7 nitrogen and oxygen atoms in total. The maximum Gasteiger partial charge on any atom is 0.265 e. The summed E-state index contributed by atoms with van der Waals surface area (Å²) in [6.07, 6.45) is 2.72. The Hall–Kier alpha value is -1.58. The Bertz CT molecular complexity index is 730. The van der Waals surface area contributed by atoms with Crippen LogP contribution in [-0.2, 0) is 16.6 Å². The van der Waals surface area contributed by atoms with E-state index in [-0.39, 0.29) is 4.90 Å². The lowest BCUT2D eigenvalue weighted by Gasteiger charge is -2.08. The van der Waals surface area contributed by atoms with Crippen molar-refractivity contribution in [1.29, 1.82) is 0 Å². The number of aromatic nitrogens is 2. The van der Waals surface area contributed by atoms with Crippen LogP contribution >= 0.6 is 15.9 Å². The molecule has 0 unspecified atom stereocenters. The second kappa shape index (κ2) is 6.46. The van der Waals surface area contributed by atoms with Gasteiger partial charge in [0.1, 0.15) is 10.6 Å². The molecule has 0 aliphatic heterocycles. The summed E-state index contributed by atoms with van der Waals surface area (Å²) in [4.78, 5) is 0.0786. The lowest BCUT2D eigenvalue weighted by molar-refractivity contribution is 0.415. The Labute approximate surface area is 131 Å². The first-order valence-corrected chi connectivity index (χ1v) is 8.32. The molecule has 9 heteroatoms. The van der Waals surface area contributed by atoms with Crippen molar-refractivity contribution in [3.8, 4) is 5.75 Å². The largest absolute Gasteiger partial charge is 0.497 e. The summed E-state index contributed by atoms with van der Waals surface area (Å²) in [5.41, 5.74) is 5.80. The number of hydrogen-bond donors (Lipinski definition) is 2. The van der Waals surface area contributed by atoms with Gasteiger partial charge in [-0.25, -0.2) is 8.42 Å². The molecule has 1 aromatic heterocycles. The topological polar surface area (TPSA) is 99.2 Å². The molecule has 2 rings (SSSR count). The van der Waals surface area contributed by atoms with E-state index in [2.05, 4.69) is 25.8 Å². The highest BCUT2D eigenvalue weighted by molar-refractivity contribution is 9.10. The molecular weight excluding hydrogens is 360 g/mol. The van der Waals surface area contributed by atoms with E-state index in [4.69, 9.17) is 10.5 Å². The number of ether oxygens (including phenoxy) is 1. The molecule has 3 N–H and O–H groups in total. The van der Waals surface area contributed by atoms with E-state index >= 15 is 0 Å². The molecule has 0 amide bonds. The van der Waals surface area contributed by atoms with Crippen LogP contribution in [0.2, 0.25) is 0 Å². The van der Waals surface area contributed by atoms with Crippen molar-refractivity contribution in [2.24, 2.45) is 5.73 Å². The zero-order valence-electron chi connectivity index (χ0n) is 11.3. The minimum Gasteiger partial charge on any atom is -0.497 e. The highest BCUT2D eigenvalue weighted by atomic mass is 79.9. The Morgan fingerprint density at radius 3 is 2.86 bits per heavy atom. The smallest absolute Gasteiger partial charge is 0.265 e. The van der Waals surface area contributed by atoms with Gasteiger partial charge in [0.25, 0.3) is 10.0 Å². The molecule has 21 heavy (non-hydrogen) atoms. The predicted octanol–water partition coefficient (Wildman–Crippen LogP) is 1.41. The molecule has 0 saturated heterocycles. The molecule has 0 fully saturated rings. The standard InChI is InChI=1S/C12H15BrN4O3S/c1-20-11-5-9(13)4-10(6-11)16-21(18,19)12-7-15-17(8-12)3-2-14/h4-8,16H,2-3,14H2,1H3. The maximum atomic E-state index is 12.3. The third-order valence-electron chi connectivity index (χ3n) is 2.64. The van der Waals surface area contributed by atoms with E-state index in [1.807, 2.05) is 0 Å². The fourth-order valence-electron chi connectivity index (χ4n) is 1.69. The van der Waals surface area contributed by atoms with Crippen LogP contribution in [0.5, 0.6) is 5.75 Å². The van der Waals surface area contributed by atoms with E-state index in [9.17, 15) is 8.42 Å². The average Bonchev–Trinajstić information content (AvgIpc) is 2.87. The van der Waals surface area contributed by atoms with Gasteiger partial charge in [-0.15, -0.1) is 0 Å². The van der Waals surface area contributed by atoms with Crippen molar-refractivity contribution in [2.75, 3.05) is 18.4 Å². The highest BCUT2D eigenvalue weighted by Gasteiger charge is 2.17. The quantitative estimate of drug-likeness (QED) is 0.796. The number of hydrogen-bond acceptors (Lipinski definition) is 5. The normalized spacial score (nSPS) is 11.4. The van der Waals surface area contributed by atoms with E-state index in [1.165, 1.54) is 24.2 Å². The highest BCUT2D eigenvalue weighted by Crippen LogP contribution is 2.26. The first-order valence-electron chi connectivity index (χ1n) is 6.04. The van der Waals surface area contributed by atoms with Crippen LogP contribution in [0.4, 0.5) is 5.69 Å². The molecule has 0 saturated carbocycles. The predicted molar refractivity (Wildman–Crippen MR) is 82.8 cm³/mol. The van der Waals surface area contributed by atoms with Gasteiger partial charge in [0.2, 0.25) is 0 Å². The summed E-state index contributed by atoms with van der Waals surface area (Å²) >= 11 is 3.30. The number of rotatable bonds is 6. The van der Waals surface area contributed by atoms with Crippen molar-refractivity contribution >= 4 is 31.6 Å². The number of anilines is 1. The third kappa shape index (κ3) is 3.96. The van der Waals surface area contributed by atoms with Gasteiger partial charge < -0.3 is 10.5 Å². The molecule has 0 aliphatic rings. The van der Waals surface area contributed by atoms with E-state index in [1.54, 1.807) is 18.2 Å². The molecule has 0 bridgehead atoms. The minimum absolute atomic E-state index is 0.0786. The van der Waals surface area contributed by atoms with Crippen molar-refractivity contribution in [1.82, 2.24) is 9.78 Å². The van der Waals surface area contributed by atoms with Gasteiger partial charge in [0.15, 0.2) is 0 Å². The van der Waals surface area contributed by atoms with Crippen molar-refractivity contribution in [3.63, 3.8) is 0 Å². The number of nitrogens with zero attached hydrogens (tertiary/aromatic N) is 2. The number of nitrogens with one attached hydrogen (secondary N) is 1. The summed E-state index contributed by atoms with van der Waals surface area (Å²) in [5, 5.41) is 3.95. The third-order valence-corrected chi connectivity index (χ3v) is 4.43. The molecule has 1 aromatic carbocycles. The van der Waals surface area contributed by atoms with Crippen LogP contribution in [0.3, 0.4) is 0 Å². The molecule has 0 aliphatic carbocycles. The number of benzene rings is 1. The van der Waals surface area contributed by atoms with Gasteiger partial charge in [-0.2, -0.15) is 5.10 Å². The van der Waals surface area contributed by atoms with Gasteiger partial charge in [0.05, 0.1) is 25.5 Å². The van der Waals surface area contributed by atoms with E-state index < -0.39 is 10.0 Å². The summed E-state index contributed by atoms with van der Waals surface area (Å²) in [7, 11) is -2.19. The van der Waals surface area contributed by atoms with Crippen molar-refractivity contribution in [3.05, 3.63) is 35.1 Å². The van der Waals surface area contributed by atoms with Crippen molar-refractivity contribution in [2.45, 2.75) is 11.4 Å². The number of nitrogens with two attached hydrogens (primary N) is 1. The van der Waals surface area contributed by atoms with Crippen LogP contribution in [0, 0.1) is 0 Å². The summed E-state index contributed by atoms with van der Waals surface area (Å²) in [5.74, 6) is 0.543. The van der Waals surface area contributed by atoms with E-state index in [0.717, 1.165) is 0 Å². The second-order valence-electron chi connectivity index (χ2n) is 4.21. The Kier molecular flexibility index (Phi) is 4.86. The molecule has 0 spiro atoms. The molecule has 0 radical (unpaired) electrons. The maximum absolute atomic E-state index is 12.3. The average molecular weight is 375 g/mol. The first-order chi connectivity index (χ1) is 9.94. The van der Waals surface area contributed by atoms with Crippen LogP contribution in [-0.4, -0.2) is 31.9 Å². The summed E-state index contributed by atoms with van der Waals surface area (Å²) in [6, 6.07) is 4.97. The van der Waals surface area contributed by atoms with Gasteiger partial charge >= 0.3 is 0 Å².